The Bertz CT molecular complexity index is 408. The van der Waals surface area contributed by atoms with Crippen LogP contribution in [0.15, 0.2) is 0 Å². The molecule has 6 nitrogen and oxygen atoms in total. The molecular formula is C9H16N2O4S. The molecule has 0 aliphatic carbocycles. The lowest BCUT2D eigenvalue weighted by Gasteiger charge is -2.37. The maximum atomic E-state index is 11.7. The van der Waals surface area contributed by atoms with Crippen molar-refractivity contribution in [2.24, 2.45) is 0 Å². The van der Waals surface area contributed by atoms with Crippen LogP contribution in [0.5, 0.6) is 0 Å². The summed E-state index contributed by atoms with van der Waals surface area (Å²) >= 11 is 0. The molecule has 0 radical (unpaired) electrons. The normalized spacial score (nSPS) is 35.0. The molecule has 0 saturated carbocycles. The highest BCUT2D eigenvalue weighted by Gasteiger charge is 2.52. The Morgan fingerprint density at radius 3 is 2.81 bits per heavy atom. The maximum absolute atomic E-state index is 11.7. The molecule has 2 rings (SSSR count). The number of carbonyl (C=O) groups excluding carboxylic acids is 1. The number of hydrogen-bond donors (Lipinski definition) is 1. The lowest BCUT2D eigenvalue weighted by atomic mass is 9.98. The second-order valence-electron chi connectivity index (χ2n) is 4.51. The van der Waals surface area contributed by atoms with Crippen molar-refractivity contribution in [3.8, 4) is 0 Å². The summed E-state index contributed by atoms with van der Waals surface area (Å²) in [5.41, 5.74) is -0.833. The van der Waals surface area contributed by atoms with Crippen LogP contribution in [0.4, 0.5) is 0 Å². The van der Waals surface area contributed by atoms with Crippen LogP contribution in [-0.2, 0) is 19.6 Å². The minimum absolute atomic E-state index is 0.0579. The van der Waals surface area contributed by atoms with E-state index in [0.29, 0.717) is 13.0 Å². The first-order valence-electron chi connectivity index (χ1n) is 5.19. The van der Waals surface area contributed by atoms with Crippen molar-refractivity contribution in [1.82, 2.24) is 9.62 Å². The zero-order valence-corrected chi connectivity index (χ0v) is 10.2. The first-order valence-corrected chi connectivity index (χ1v) is 7.03. The lowest BCUT2D eigenvalue weighted by Crippen LogP contribution is -2.64. The predicted molar refractivity (Wildman–Crippen MR) is 57.3 cm³/mol. The molecule has 0 amide bonds. The van der Waals surface area contributed by atoms with Crippen molar-refractivity contribution in [2.45, 2.75) is 24.4 Å². The number of fused-ring (bicyclic) bond motifs is 2. The summed E-state index contributed by atoms with van der Waals surface area (Å²) in [4.78, 5) is 11.7. The minimum Gasteiger partial charge on any atom is -0.468 e. The Balaban J connectivity index is 2.26. The smallest absolute Gasteiger partial charge is 0.327 e. The van der Waals surface area contributed by atoms with Crippen molar-refractivity contribution < 1.29 is 17.9 Å². The number of methoxy groups -OCH3 is 1. The summed E-state index contributed by atoms with van der Waals surface area (Å²) < 4.78 is 29.1. The quantitative estimate of drug-likeness (QED) is 0.629. The fourth-order valence-electron chi connectivity index (χ4n) is 2.50. The number of nitrogens with zero attached hydrogens (tertiary/aromatic N) is 1. The number of carbonyl (C=O) groups is 1. The number of nitrogens with one attached hydrogen (secondary N) is 1. The Morgan fingerprint density at radius 2 is 2.25 bits per heavy atom. The first-order chi connectivity index (χ1) is 7.37. The van der Waals surface area contributed by atoms with Crippen molar-refractivity contribution >= 4 is 16.0 Å². The molecule has 0 aromatic heterocycles. The average Bonchev–Trinajstić information content (AvgIpc) is 2.52. The van der Waals surface area contributed by atoms with Crippen LogP contribution < -0.4 is 5.32 Å². The van der Waals surface area contributed by atoms with E-state index in [2.05, 4.69) is 5.32 Å². The number of rotatable bonds is 2. The molecular weight excluding hydrogens is 232 g/mol. The summed E-state index contributed by atoms with van der Waals surface area (Å²) in [6.45, 7) is 0.618. The van der Waals surface area contributed by atoms with Crippen molar-refractivity contribution in [3.05, 3.63) is 0 Å². The number of ether oxygens (including phenoxy) is 1. The molecule has 2 aliphatic heterocycles. The highest BCUT2D eigenvalue weighted by Crippen LogP contribution is 2.31. The Morgan fingerprint density at radius 1 is 1.56 bits per heavy atom. The zero-order chi connectivity index (χ0) is 12.0. The van der Waals surface area contributed by atoms with E-state index in [1.54, 1.807) is 0 Å². The molecule has 0 aromatic carbocycles. The molecule has 1 N–H and O–H groups in total. The standard InChI is InChI=1S/C9H16N2O4S/c1-15-8(12)9-4-3-7(10-9)5-11(6-9)16(2,13)14/h7,10H,3-6H2,1-2H3. The summed E-state index contributed by atoms with van der Waals surface area (Å²) in [6, 6.07) is 0.0579. The molecule has 2 unspecified atom stereocenters. The van der Waals surface area contributed by atoms with E-state index < -0.39 is 15.6 Å². The SMILES string of the molecule is COC(=O)C12CCC(CN(S(C)(=O)=O)C1)N2. The van der Waals surface area contributed by atoms with E-state index in [9.17, 15) is 13.2 Å². The molecule has 0 spiro atoms. The number of esters is 1. The molecule has 7 heteroatoms. The van der Waals surface area contributed by atoms with Crippen LogP contribution in [0.3, 0.4) is 0 Å². The number of sulfonamides is 1. The highest BCUT2D eigenvalue weighted by molar-refractivity contribution is 7.88. The molecule has 16 heavy (non-hydrogen) atoms. The van der Waals surface area contributed by atoms with Gasteiger partial charge in [0.25, 0.3) is 0 Å². The monoisotopic (exact) mass is 248 g/mol. The second kappa shape index (κ2) is 3.68. The van der Waals surface area contributed by atoms with Gasteiger partial charge < -0.3 is 4.74 Å². The molecule has 0 aromatic rings. The number of hydrogen-bond acceptors (Lipinski definition) is 5. The Hall–Kier alpha value is -0.660. The molecule has 2 heterocycles. The summed E-state index contributed by atoms with van der Waals surface area (Å²) in [7, 11) is -1.92. The average molecular weight is 248 g/mol. The van der Waals surface area contributed by atoms with Crippen LogP contribution in [-0.4, -0.2) is 56.7 Å². The first kappa shape index (κ1) is 11.8. The maximum Gasteiger partial charge on any atom is 0.327 e. The fraction of sp³-hybridized carbons (Fsp3) is 0.889. The third kappa shape index (κ3) is 1.83. The van der Waals surface area contributed by atoms with E-state index in [1.807, 2.05) is 0 Å². The molecule has 2 aliphatic rings. The van der Waals surface area contributed by atoms with E-state index in [0.717, 1.165) is 6.42 Å². The Labute approximate surface area is 95.0 Å². The third-order valence-corrected chi connectivity index (χ3v) is 4.53. The van der Waals surface area contributed by atoms with E-state index in [1.165, 1.54) is 17.7 Å². The van der Waals surface area contributed by atoms with E-state index >= 15 is 0 Å². The van der Waals surface area contributed by atoms with Gasteiger partial charge in [-0.05, 0) is 12.8 Å². The summed E-state index contributed by atoms with van der Waals surface area (Å²) in [6.07, 6.45) is 2.61. The number of piperazine rings is 1. The van der Waals surface area contributed by atoms with Crippen molar-refractivity contribution in [2.75, 3.05) is 26.5 Å². The van der Waals surface area contributed by atoms with Crippen LogP contribution in [0.1, 0.15) is 12.8 Å². The van der Waals surface area contributed by atoms with Crippen LogP contribution in [0, 0.1) is 0 Å². The summed E-state index contributed by atoms with van der Waals surface area (Å²) in [5.74, 6) is -0.372. The fourth-order valence-corrected chi connectivity index (χ4v) is 3.41. The predicted octanol–water partition coefficient (Wildman–Crippen LogP) is -1.07. The van der Waals surface area contributed by atoms with Crippen LogP contribution in [0.2, 0.25) is 0 Å². The van der Waals surface area contributed by atoms with Crippen molar-refractivity contribution in [3.63, 3.8) is 0 Å². The molecule has 2 bridgehead atoms. The second-order valence-corrected chi connectivity index (χ2v) is 6.49. The third-order valence-electron chi connectivity index (χ3n) is 3.32. The van der Waals surface area contributed by atoms with Gasteiger partial charge in [0.2, 0.25) is 10.0 Å². The van der Waals surface area contributed by atoms with Gasteiger partial charge in [0.15, 0.2) is 0 Å². The van der Waals surface area contributed by atoms with Crippen molar-refractivity contribution in [1.29, 1.82) is 0 Å². The Kier molecular flexibility index (Phi) is 2.72. The van der Waals surface area contributed by atoms with Gasteiger partial charge in [-0.2, -0.15) is 4.31 Å². The minimum atomic E-state index is -3.25. The zero-order valence-electron chi connectivity index (χ0n) is 9.39. The van der Waals surface area contributed by atoms with Gasteiger partial charge in [-0.25, -0.2) is 8.42 Å². The molecule has 2 fully saturated rings. The van der Waals surface area contributed by atoms with Gasteiger partial charge in [0.1, 0.15) is 5.54 Å². The lowest BCUT2D eigenvalue weighted by molar-refractivity contribution is -0.149. The van der Waals surface area contributed by atoms with Crippen LogP contribution in [0.25, 0.3) is 0 Å². The van der Waals surface area contributed by atoms with Crippen LogP contribution >= 0.6 is 0 Å². The van der Waals surface area contributed by atoms with Gasteiger partial charge in [0, 0.05) is 19.1 Å². The van der Waals surface area contributed by atoms with Gasteiger partial charge in [0.05, 0.1) is 13.4 Å². The van der Waals surface area contributed by atoms with E-state index in [-0.39, 0.29) is 18.6 Å². The van der Waals surface area contributed by atoms with E-state index in [4.69, 9.17) is 4.74 Å². The topological polar surface area (TPSA) is 75.7 Å². The summed E-state index contributed by atoms with van der Waals surface area (Å²) in [5, 5.41) is 3.18. The highest BCUT2D eigenvalue weighted by atomic mass is 32.2. The van der Waals surface area contributed by atoms with Gasteiger partial charge in [-0.3, -0.25) is 10.1 Å². The molecule has 2 saturated heterocycles. The largest absolute Gasteiger partial charge is 0.468 e. The molecule has 92 valence electrons. The van der Waals surface area contributed by atoms with Gasteiger partial charge >= 0.3 is 5.97 Å². The molecule has 2 atom stereocenters. The van der Waals surface area contributed by atoms with Gasteiger partial charge in [-0.1, -0.05) is 0 Å². The van der Waals surface area contributed by atoms with Gasteiger partial charge in [-0.15, -0.1) is 0 Å².